The van der Waals surface area contributed by atoms with Crippen LogP contribution in [0.1, 0.15) is 11.6 Å². The molecule has 0 fully saturated rings. The largest absolute Gasteiger partial charge is 0.422 e. The van der Waals surface area contributed by atoms with Crippen LogP contribution >= 0.6 is 0 Å². The van der Waals surface area contributed by atoms with Crippen LogP contribution in [0.3, 0.4) is 0 Å². The number of hydrogen-bond acceptors (Lipinski definition) is 5. The summed E-state index contributed by atoms with van der Waals surface area (Å²) in [5.41, 5.74) is 5.03. The monoisotopic (exact) mass is 381 g/mol. The predicted molar refractivity (Wildman–Crippen MR) is 117 cm³/mol. The minimum absolute atomic E-state index is 0.385. The molecule has 0 saturated carbocycles. The third-order valence-corrected chi connectivity index (χ3v) is 5.76. The highest BCUT2D eigenvalue weighted by molar-refractivity contribution is 6.08. The van der Waals surface area contributed by atoms with Crippen LogP contribution in [-0.2, 0) is 0 Å². The Morgan fingerprint density at radius 3 is 2.55 bits per heavy atom. The van der Waals surface area contributed by atoms with Gasteiger partial charge < -0.3 is 14.2 Å². The van der Waals surface area contributed by atoms with Gasteiger partial charge in [0.05, 0.1) is 11.5 Å². The fourth-order valence-corrected chi connectivity index (χ4v) is 4.23. The molecular weight excluding hydrogens is 362 g/mol. The lowest BCUT2D eigenvalue weighted by Gasteiger charge is -2.34. The molecule has 2 heterocycles. The average Bonchev–Trinajstić information content (AvgIpc) is 2.73. The fraction of sp³-hybridized carbons (Fsp3) is 0.167. The quantitative estimate of drug-likeness (QED) is 0.353. The van der Waals surface area contributed by atoms with E-state index in [-0.39, 0.29) is 5.63 Å². The molecule has 0 aliphatic carbocycles. The molecule has 5 heteroatoms. The molecule has 0 saturated heterocycles. The van der Waals surface area contributed by atoms with Crippen molar-refractivity contribution in [3.63, 3.8) is 0 Å². The predicted octanol–water partition coefficient (Wildman–Crippen LogP) is 4.69. The maximum Gasteiger partial charge on any atom is 0.344 e. The molecule has 4 aromatic rings. The maximum absolute atomic E-state index is 12.8. The van der Waals surface area contributed by atoms with Crippen molar-refractivity contribution in [1.29, 1.82) is 5.26 Å². The minimum Gasteiger partial charge on any atom is -0.422 e. The van der Waals surface area contributed by atoms with Gasteiger partial charge in [0.1, 0.15) is 11.6 Å². The molecule has 1 unspecified atom stereocenters. The molecule has 5 nitrogen and oxygen atoms in total. The second-order valence-electron chi connectivity index (χ2n) is 7.61. The maximum atomic E-state index is 12.8. The van der Waals surface area contributed by atoms with Crippen molar-refractivity contribution < 1.29 is 4.42 Å². The molecule has 5 rings (SSSR count). The Morgan fingerprint density at radius 2 is 1.79 bits per heavy atom. The molecule has 0 amide bonds. The zero-order valence-corrected chi connectivity index (χ0v) is 16.4. The second-order valence-corrected chi connectivity index (χ2v) is 7.61. The van der Waals surface area contributed by atoms with Crippen LogP contribution in [0.2, 0.25) is 0 Å². The van der Waals surface area contributed by atoms with Crippen LogP contribution in [0.15, 0.2) is 63.8 Å². The first-order valence-electron chi connectivity index (χ1n) is 9.43. The van der Waals surface area contributed by atoms with Crippen molar-refractivity contribution in [2.75, 3.05) is 30.9 Å². The molecule has 1 aromatic heterocycles. The number of rotatable bonds is 1. The van der Waals surface area contributed by atoms with Gasteiger partial charge in [-0.15, -0.1) is 0 Å². The summed E-state index contributed by atoms with van der Waals surface area (Å²) in [6, 6.07) is 19.7. The Labute approximate surface area is 168 Å². The molecule has 1 aliphatic rings. The van der Waals surface area contributed by atoms with Gasteiger partial charge in [0, 0.05) is 54.9 Å². The van der Waals surface area contributed by atoms with Crippen molar-refractivity contribution in [2.45, 2.75) is 6.04 Å². The van der Waals surface area contributed by atoms with Gasteiger partial charge in [-0.05, 0) is 41.5 Å². The van der Waals surface area contributed by atoms with E-state index in [9.17, 15) is 10.1 Å². The highest BCUT2D eigenvalue weighted by atomic mass is 16.4. The average molecular weight is 381 g/mol. The van der Waals surface area contributed by atoms with Crippen LogP contribution in [0.4, 0.5) is 11.4 Å². The van der Waals surface area contributed by atoms with E-state index < -0.39 is 6.04 Å². The summed E-state index contributed by atoms with van der Waals surface area (Å²) in [7, 11) is 5.81. The Morgan fingerprint density at radius 1 is 1.00 bits per heavy atom. The summed E-state index contributed by atoms with van der Waals surface area (Å²) in [5, 5.41) is 12.1. The summed E-state index contributed by atoms with van der Waals surface area (Å²) in [5.74, 6) is 0. The lowest BCUT2D eigenvalue weighted by molar-refractivity contribution is 0.569. The van der Waals surface area contributed by atoms with E-state index >= 15 is 0 Å². The van der Waals surface area contributed by atoms with Crippen molar-refractivity contribution in [3.05, 3.63) is 70.6 Å². The van der Waals surface area contributed by atoms with Gasteiger partial charge in [-0.3, -0.25) is 0 Å². The Hall–Kier alpha value is -3.78. The van der Waals surface area contributed by atoms with Gasteiger partial charge in [0.2, 0.25) is 0 Å². The summed E-state index contributed by atoms with van der Waals surface area (Å²) in [4.78, 5) is 16.7. The van der Waals surface area contributed by atoms with Crippen molar-refractivity contribution >= 4 is 33.1 Å². The Bertz CT molecular complexity index is 1400. The van der Waals surface area contributed by atoms with Gasteiger partial charge >= 0.3 is 5.63 Å². The highest BCUT2D eigenvalue weighted by Crippen LogP contribution is 2.45. The standard InChI is InChI=1S/C24H19N3O2/c1-26(2)14-8-9-16-18-11-17-15-6-4-5-7-21(15)27(3)22(13-25)19(17)12-20(18)24(28)29-23(16)10-14/h4-12,22H,1-3H3. The molecule has 1 aliphatic heterocycles. The lowest BCUT2D eigenvalue weighted by atomic mass is 9.86. The molecule has 1 atom stereocenters. The number of hydrogen-bond donors (Lipinski definition) is 0. The fourth-order valence-electron chi connectivity index (χ4n) is 4.23. The molecule has 0 spiro atoms. The van der Waals surface area contributed by atoms with Gasteiger partial charge in [-0.2, -0.15) is 5.26 Å². The number of benzene rings is 3. The first-order chi connectivity index (χ1) is 14.0. The minimum atomic E-state index is -0.462. The van der Waals surface area contributed by atoms with Crippen molar-refractivity contribution in [2.24, 2.45) is 0 Å². The topological polar surface area (TPSA) is 60.5 Å². The molecule has 0 N–H and O–H groups in total. The smallest absolute Gasteiger partial charge is 0.344 e. The van der Waals surface area contributed by atoms with Crippen LogP contribution in [0.25, 0.3) is 32.9 Å². The van der Waals surface area contributed by atoms with Crippen LogP contribution in [-0.4, -0.2) is 21.1 Å². The summed E-state index contributed by atoms with van der Waals surface area (Å²) in [6.45, 7) is 0. The zero-order valence-electron chi connectivity index (χ0n) is 16.4. The number of para-hydroxylation sites is 1. The second kappa shape index (κ2) is 6.11. The van der Waals surface area contributed by atoms with Crippen LogP contribution in [0.5, 0.6) is 0 Å². The van der Waals surface area contributed by atoms with E-state index in [4.69, 9.17) is 4.42 Å². The number of nitriles is 1. The van der Waals surface area contributed by atoms with E-state index in [1.54, 1.807) is 0 Å². The molecule has 0 radical (unpaired) electrons. The molecular formula is C24H19N3O2. The van der Waals surface area contributed by atoms with E-state index in [0.717, 1.165) is 38.8 Å². The molecule has 29 heavy (non-hydrogen) atoms. The van der Waals surface area contributed by atoms with Gasteiger partial charge in [-0.1, -0.05) is 18.2 Å². The lowest BCUT2D eigenvalue weighted by Crippen LogP contribution is -2.27. The normalized spacial score (nSPS) is 15.1. The Kier molecular flexibility index (Phi) is 3.65. The zero-order chi connectivity index (χ0) is 20.3. The van der Waals surface area contributed by atoms with Crippen molar-refractivity contribution in [3.8, 4) is 17.2 Å². The molecule has 0 bridgehead atoms. The van der Waals surface area contributed by atoms with Gasteiger partial charge in [0.25, 0.3) is 0 Å². The van der Waals surface area contributed by atoms with E-state index in [0.29, 0.717) is 11.0 Å². The van der Waals surface area contributed by atoms with Gasteiger partial charge in [0.15, 0.2) is 0 Å². The summed E-state index contributed by atoms with van der Waals surface area (Å²) in [6.07, 6.45) is 0. The van der Waals surface area contributed by atoms with E-state index in [1.807, 2.05) is 79.5 Å². The first kappa shape index (κ1) is 17.3. The summed E-state index contributed by atoms with van der Waals surface area (Å²) >= 11 is 0. The first-order valence-corrected chi connectivity index (χ1v) is 9.43. The third kappa shape index (κ3) is 2.43. The molecule has 3 aromatic carbocycles. The van der Waals surface area contributed by atoms with Crippen LogP contribution < -0.4 is 15.4 Å². The van der Waals surface area contributed by atoms with E-state index in [1.165, 1.54) is 0 Å². The molecule has 142 valence electrons. The van der Waals surface area contributed by atoms with Crippen molar-refractivity contribution in [1.82, 2.24) is 0 Å². The highest BCUT2D eigenvalue weighted by Gasteiger charge is 2.29. The third-order valence-electron chi connectivity index (χ3n) is 5.76. The number of fused-ring (bicyclic) bond motifs is 6. The SMILES string of the molecule is CN(C)c1ccc2c(c1)oc(=O)c1cc3c(cc12)-c1ccccc1N(C)C3C#N. The number of anilines is 2. The number of nitrogens with zero attached hydrogens (tertiary/aromatic N) is 3. The van der Waals surface area contributed by atoms with Gasteiger partial charge in [-0.25, -0.2) is 4.79 Å². The summed E-state index contributed by atoms with van der Waals surface area (Å²) < 4.78 is 5.64. The van der Waals surface area contributed by atoms with Crippen LogP contribution in [0, 0.1) is 11.3 Å². The van der Waals surface area contributed by atoms with E-state index in [2.05, 4.69) is 12.1 Å². The Balaban J connectivity index is 1.90.